The van der Waals surface area contributed by atoms with Crippen LogP contribution in [0.25, 0.3) is 0 Å². The maximum absolute atomic E-state index is 13.5. The first-order chi connectivity index (χ1) is 9.47. The molecular formula is C13H14FN3O3. The molecule has 20 heavy (non-hydrogen) atoms. The molecule has 6 nitrogen and oxygen atoms in total. The van der Waals surface area contributed by atoms with Crippen LogP contribution in [-0.2, 0) is 4.79 Å². The minimum absolute atomic E-state index is 0.0461. The van der Waals surface area contributed by atoms with E-state index in [0.29, 0.717) is 6.42 Å². The van der Waals surface area contributed by atoms with E-state index in [0.717, 1.165) is 6.07 Å². The van der Waals surface area contributed by atoms with Crippen molar-refractivity contribution >= 4 is 17.7 Å². The predicted molar refractivity (Wildman–Crippen MR) is 69.6 cm³/mol. The third kappa shape index (κ3) is 4.24. The molecule has 0 saturated heterocycles. The normalized spacial score (nSPS) is 11.2. The number of rotatable bonds is 5. The van der Waals surface area contributed by atoms with Gasteiger partial charge in [-0.1, -0.05) is 6.92 Å². The van der Waals surface area contributed by atoms with Crippen molar-refractivity contribution in [3.63, 3.8) is 0 Å². The van der Waals surface area contributed by atoms with Gasteiger partial charge < -0.3 is 15.7 Å². The maximum atomic E-state index is 13.5. The molecule has 1 atom stereocenters. The van der Waals surface area contributed by atoms with Gasteiger partial charge in [0, 0.05) is 6.54 Å². The zero-order chi connectivity index (χ0) is 15.1. The van der Waals surface area contributed by atoms with Crippen molar-refractivity contribution in [2.45, 2.75) is 13.3 Å². The third-order valence-electron chi connectivity index (χ3n) is 2.70. The number of carboxylic acid groups (broad SMARTS) is 1. The molecule has 106 valence electrons. The standard InChI is InChI=1S/C13H14FN3O3/c1-2-9(12(18)19)7-16-13(20)17-11-4-3-8(6-15)5-10(11)14/h3-5,9H,2,7H2,1H3,(H,18,19)(H2,16,17,20). The van der Waals surface area contributed by atoms with Crippen LogP contribution in [0.15, 0.2) is 18.2 Å². The van der Waals surface area contributed by atoms with Crippen molar-refractivity contribution in [3.05, 3.63) is 29.6 Å². The highest BCUT2D eigenvalue weighted by molar-refractivity contribution is 5.89. The summed E-state index contributed by atoms with van der Waals surface area (Å²) in [4.78, 5) is 22.3. The number of nitrogens with one attached hydrogen (secondary N) is 2. The molecule has 0 fully saturated rings. The summed E-state index contributed by atoms with van der Waals surface area (Å²) in [5, 5.41) is 22.0. The number of carbonyl (C=O) groups is 2. The number of hydrogen-bond donors (Lipinski definition) is 3. The van der Waals surface area contributed by atoms with Gasteiger partial charge in [-0.2, -0.15) is 5.26 Å². The van der Waals surface area contributed by atoms with Crippen LogP contribution in [0.2, 0.25) is 0 Å². The topological polar surface area (TPSA) is 102 Å². The van der Waals surface area contributed by atoms with E-state index < -0.39 is 23.7 Å². The van der Waals surface area contributed by atoms with Crippen LogP contribution in [0.1, 0.15) is 18.9 Å². The molecule has 0 spiro atoms. The molecule has 7 heteroatoms. The number of carbonyl (C=O) groups excluding carboxylic acids is 1. The Hall–Kier alpha value is -2.62. The van der Waals surface area contributed by atoms with Crippen molar-refractivity contribution in [2.24, 2.45) is 5.92 Å². The Morgan fingerprint density at radius 1 is 1.50 bits per heavy atom. The SMILES string of the molecule is CCC(CNC(=O)Nc1ccc(C#N)cc1F)C(=O)O. The van der Waals surface area contributed by atoms with Crippen molar-refractivity contribution in [1.82, 2.24) is 5.32 Å². The predicted octanol–water partition coefficient (Wildman–Crippen LogP) is 1.93. The zero-order valence-corrected chi connectivity index (χ0v) is 10.8. The third-order valence-corrected chi connectivity index (χ3v) is 2.70. The minimum atomic E-state index is -1.00. The number of hydrogen-bond acceptors (Lipinski definition) is 3. The van der Waals surface area contributed by atoms with E-state index in [4.69, 9.17) is 10.4 Å². The Labute approximate surface area is 115 Å². The van der Waals surface area contributed by atoms with Gasteiger partial charge in [-0.25, -0.2) is 9.18 Å². The smallest absolute Gasteiger partial charge is 0.319 e. The first kappa shape index (κ1) is 15.4. The highest BCUT2D eigenvalue weighted by Gasteiger charge is 2.16. The Morgan fingerprint density at radius 2 is 2.20 bits per heavy atom. The van der Waals surface area contributed by atoms with E-state index in [1.54, 1.807) is 13.0 Å². The molecule has 2 amide bonds. The number of urea groups is 1. The lowest BCUT2D eigenvalue weighted by molar-refractivity contribution is -0.141. The maximum Gasteiger partial charge on any atom is 0.319 e. The highest BCUT2D eigenvalue weighted by Crippen LogP contribution is 2.15. The summed E-state index contributed by atoms with van der Waals surface area (Å²) >= 11 is 0. The first-order valence-corrected chi connectivity index (χ1v) is 5.95. The summed E-state index contributed by atoms with van der Waals surface area (Å²) in [5.41, 5.74) is 0.0651. The average Bonchev–Trinajstić information content (AvgIpc) is 2.41. The van der Waals surface area contributed by atoms with E-state index >= 15 is 0 Å². The fraction of sp³-hybridized carbons (Fsp3) is 0.308. The number of nitrogens with zero attached hydrogens (tertiary/aromatic N) is 1. The molecule has 1 unspecified atom stereocenters. The monoisotopic (exact) mass is 279 g/mol. The number of amides is 2. The fourth-order valence-electron chi connectivity index (χ4n) is 1.47. The first-order valence-electron chi connectivity index (χ1n) is 5.95. The van der Waals surface area contributed by atoms with Gasteiger partial charge in [0.15, 0.2) is 0 Å². The second-order valence-corrected chi connectivity index (χ2v) is 4.08. The minimum Gasteiger partial charge on any atom is -0.481 e. The van der Waals surface area contributed by atoms with Gasteiger partial charge in [0.2, 0.25) is 0 Å². The van der Waals surface area contributed by atoms with Crippen LogP contribution in [0, 0.1) is 23.1 Å². The summed E-state index contributed by atoms with van der Waals surface area (Å²) in [6, 6.07) is 4.71. The van der Waals surface area contributed by atoms with Crippen molar-refractivity contribution in [1.29, 1.82) is 5.26 Å². The fourth-order valence-corrected chi connectivity index (χ4v) is 1.47. The second-order valence-electron chi connectivity index (χ2n) is 4.08. The molecule has 0 aliphatic rings. The largest absolute Gasteiger partial charge is 0.481 e. The van der Waals surface area contributed by atoms with Gasteiger partial charge in [-0.3, -0.25) is 4.79 Å². The van der Waals surface area contributed by atoms with E-state index in [1.807, 2.05) is 0 Å². The number of carboxylic acids is 1. The van der Waals surface area contributed by atoms with Gasteiger partial charge >= 0.3 is 12.0 Å². The lowest BCUT2D eigenvalue weighted by Gasteiger charge is -2.12. The van der Waals surface area contributed by atoms with Gasteiger partial charge in [-0.05, 0) is 24.6 Å². The summed E-state index contributed by atoms with van der Waals surface area (Å²) in [6.07, 6.45) is 0.376. The number of benzene rings is 1. The Balaban J connectivity index is 2.59. The molecule has 1 rings (SSSR count). The molecule has 1 aromatic carbocycles. The Kier molecular flexibility index (Phi) is 5.47. The molecule has 3 N–H and O–H groups in total. The zero-order valence-electron chi connectivity index (χ0n) is 10.8. The van der Waals surface area contributed by atoms with E-state index in [9.17, 15) is 14.0 Å². The molecule has 1 aromatic rings. The summed E-state index contributed by atoms with van der Waals surface area (Å²) < 4.78 is 13.5. The Bertz CT molecular complexity index is 554. The van der Waals surface area contributed by atoms with Crippen molar-refractivity contribution in [3.8, 4) is 6.07 Å². The van der Waals surface area contributed by atoms with Crippen LogP contribution in [-0.4, -0.2) is 23.7 Å². The molecule has 0 bridgehead atoms. The van der Waals surface area contributed by atoms with Gasteiger partial charge in [0.05, 0.1) is 23.2 Å². The molecule has 0 aliphatic heterocycles. The van der Waals surface area contributed by atoms with Crippen LogP contribution in [0.4, 0.5) is 14.9 Å². The number of aliphatic carboxylic acids is 1. The summed E-state index contributed by atoms with van der Waals surface area (Å²) in [5.74, 6) is -2.42. The molecule has 0 aliphatic carbocycles. The van der Waals surface area contributed by atoms with E-state index in [-0.39, 0.29) is 17.8 Å². The molecular weight excluding hydrogens is 265 g/mol. The quantitative estimate of drug-likeness (QED) is 0.766. The highest BCUT2D eigenvalue weighted by atomic mass is 19.1. The molecule has 0 radical (unpaired) electrons. The van der Waals surface area contributed by atoms with Crippen LogP contribution in [0.3, 0.4) is 0 Å². The lowest BCUT2D eigenvalue weighted by atomic mass is 10.1. The lowest BCUT2D eigenvalue weighted by Crippen LogP contribution is -2.35. The number of anilines is 1. The molecule has 0 saturated carbocycles. The number of nitriles is 1. The van der Waals surface area contributed by atoms with E-state index in [1.165, 1.54) is 12.1 Å². The van der Waals surface area contributed by atoms with Gasteiger partial charge in [-0.15, -0.1) is 0 Å². The van der Waals surface area contributed by atoms with Crippen molar-refractivity contribution in [2.75, 3.05) is 11.9 Å². The summed E-state index contributed by atoms with van der Waals surface area (Å²) in [6.45, 7) is 1.65. The van der Waals surface area contributed by atoms with Crippen LogP contribution in [0.5, 0.6) is 0 Å². The van der Waals surface area contributed by atoms with Crippen LogP contribution < -0.4 is 10.6 Å². The average molecular weight is 279 g/mol. The van der Waals surface area contributed by atoms with Gasteiger partial charge in [0.25, 0.3) is 0 Å². The van der Waals surface area contributed by atoms with Crippen molar-refractivity contribution < 1.29 is 19.1 Å². The Morgan fingerprint density at radius 3 is 2.70 bits per heavy atom. The molecule has 0 aromatic heterocycles. The second kappa shape index (κ2) is 7.09. The van der Waals surface area contributed by atoms with E-state index in [2.05, 4.69) is 10.6 Å². The molecule has 0 heterocycles. The number of halogens is 1. The summed E-state index contributed by atoms with van der Waals surface area (Å²) in [7, 11) is 0. The van der Waals surface area contributed by atoms with Crippen LogP contribution >= 0.6 is 0 Å². The van der Waals surface area contributed by atoms with Gasteiger partial charge in [0.1, 0.15) is 5.82 Å².